The molecule has 28 heavy (non-hydrogen) atoms. The molecule has 0 radical (unpaired) electrons. The van der Waals surface area contributed by atoms with Crippen molar-refractivity contribution in [2.75, 3.05) is 13.2 Å². The lowest BCUT2D eigenvalue weighted by molar-refractivity contribution is -0.123. The van der Waals surface area contributed by atoms with Crippen molar-refractivity contribution in [3.63, 3.8) is 0 Å². The van der Waals surface area contributed by atoms with Crippen LogP contribution in [0, 0.1) is 0 Å². The fourth-order valence-electron chi connectivity index (χ4n) is 2.55. The lowest BCUT2D eigenvalue weighted by atomic mass is 10.1. The van der Waals surface area contributed by atoms with E-state index in [-0.39, 0.29) is 12.5 Å². The minimum atomic E-state index is -0.325. The number of nitrogens with zero attached hydrogens (tertiary/aromatic N) is 1. The van der Waals surface area contributed by atoms with Gasteiger partial charge in [-0.05, 0) is 60.0 Å². The van der Waals surface area contributed by atoms with E-state index in [0.717, 1.165) is 22.4 Å². The Balaban J connectivity index is 1.45. The van der Waals surface area contributed by atoms with Gasteiger partial charge >= 0.3 is 0 Å². The van der Waals surface area contributed by atoms with Gasteiger partial charge in [-0.25, -0.2) is 5.43 Å². The summed E-state index contributed by atoms with van der Waals surface area (Å²) in [4.78, 5) is 11.9. The third-order valence-electron chi connectivity index (χ3n) is 3.93. The van der Waals surface area contributed by atoms with Crippen LogP contribution in [0.5, 0.6) is 11.5 Å². The third-order valence-corrected chi connectivity index (χ3v) is 3.93. The van der Waals surface area contributed by atoms with Crippen molar-refractivity contribution in [2.45, 2.75) is 6.92 Å². The lowest BCUT2D eigenvalue weighted by Gasteiger charge is -2.06. The van der Waals surface area contributed by atoms with Crippen LogP contribution in [0.2, 0.25) is 0 Å². The number of rotatable bonds is 8. The smallest absolute Gasteiger partial charge is 0.277 e. The number of nitrogens with one attached hydrogen (secondary N) is 1. The van der Waals surface area contributed by atoms with Crippen molar-refractivity contribution in [2.24, 2.45) is 5.10 Å². The molecule has 0 spiro atoms. The molecular formula is C23H22N2O3. The molecule has 0 aliphatic carbocycles. The summed E-state index contributed by atoms with van der Waals surface area (Å²) in [6, 6.07) is 25.1. The van der Waals surface area contributed by atoms with Crippen LogP contribution >= 0.6 is 0 Å². The minimum Gasteiger partial charge on any atom is -0.494 e. The number of hydrazone groups is 1. The van der Waals surface area contributed by atoms with E-state index in [1.165, 1.54) is 0 Å². The van der Waals surface area contributed by atoms with Crippen molar-refractivity contribution in [1.82, 2.24) is 5.43 Å². The quantitative estimate of drug-likeness (QED) is 0.473. The van der Waals surface area contributed by atoms with Gasteiger partial charge in [0.25, 0.3) is 5.91 Å². The second-order valence-corrected chi connectivity index (χ2v) is 5.97. The van der Waals surface area contributed by atoms with E-state index in [0.29, 0.717) is 12.4 Å². The molecule has 3 aromatic rings. The van der Waals surface area contributed by atoms with Crippen molar-refractivity contribution in [1.29, 1.82) is 0 Å². The van der Waals surface area contributed by atoms with Gasteiger partial charge in [0, 0.05) is 0 Å². The second-order valence-electron chi connectivity index (χ2n) is 5.97. The van der Waals surface area contributed by atoms with E-state index >= 15 is 0 Å². The SMILES string of the molecule is CCOc1ccc(C=NNC(=O)COc2ccc(-c3ccccc3)cc2)cc1. The molecule has 1 N–H and O–H groups in total. The van der Waals surface area contributed by atoms with Crippen LogP contribution in [0.1, 0.15) is 12.5 Å². The maximum absolute atomic E-state index is 11.9. The molecule has 0 aliphatic heterocycles. The molecular weight excluding hydrogens is 352 g/mol. The summed E-state index contributed by atoms with van der Waals surface area (Å²) >= 11 is 0. The number of hydrogen-bond donors (Lipinski definition) is 1. The predicted octanol–water partition coefficient (Wildman–Crippen LogP) is 4.28. The lowest BCUT2D eigenvalue weighted by Crippen LogP contribution is -2.24. The van der Waals surface area contributed by atoms with Crippen molar-refractivity contribution in [3.05, 3.63) is 84.4 Å². The molecule has 1 amide bonds. The molecule has 3 rings (SSSR count). The summed E-state index contributed by atoms with van der Waals surface area (Å²) in [5.74, 6) is 1.11. The first kappa shape index (κ1) is 19.2. The van der Waals surface area contributed by atoms with Gasteiger partial charge in [-0.15, -0.1) is 0 Å². The van der Waals surface area contributed by atoms with Crippen LogP contribution < -0.4 is 14.9 Å². The van der Waals surface area contributed by atoms with Gasteiger partial charge in [0.15, 0.2) is 6.61 Å². The van der Waals surface area contributed by atoms with Crippen LogP contribution in [0.25, 0.3) is 11.1 Å². The molecule has 0 saturated carbocycles. The van der Waals surface area contributed by atoms with E-state index < -0.39 is 0 Å². The summed E-state index contributed by atoms with van der Waals surface area (Å²) in [7, 11) is 0. The van der Waals surface area contributed by atoms with Crippen LogP contribution in [0.3, 0.4) is 0 Å². The number of hydrogen-bond acceptors (Lipinski definition) is 4. The van der Waals surface area contributed by atoms with E-state index in [1.807, 2.05) is 85.8 Å². The van der Waals surface area contributed by atoms with Gasteiger partial charge in [-0.1, -0.05) is 42.5 Å². The average molecular weight is 374 g/mol. The molecule has 0 bridgehead atoms. The Bertz CT molecular complexity index is 905. The number of amides is 1. The molecule has 0 saturated heterocycles. The summed E-state index contributed by atoms with van der Waals surface area (Å²) in [5, 5.41) is 3.94. The standard InChI is InChI=1S/C23H22N2O3/c1-2-27-21-12-8-18(9-13-21)16-24-25-23(26)17-28-22-14-10-20(11-15-22)19-6-4-3-5-7-19/h3-16H,2,17H2,1H3,(H,25,26). The zero-order valence-corrected chi connectivity index (χ0v) is 15.7. The Labute approximate surface area is 164 Å². The zero-order valence-electron chi connectivity index (χ0n) is 15.7. The molecule has 0 aromatic heterocycles. The number of benzene rings is 3. The molecule has 0 fully saturated rings. The fraction of sp³-hybridized carbons (Fsp3) is 0.130. The van der Waals surface area contributed by atoms with Crippen LogP contribution in [-0.2, 0) is 4.79 Å². The van der Waals surface area contributed by atoms with Crippen molar-refractivity contribution >= 4 is 12.1 Å². The Morgan fingerprint density at radius 1 is 0.857 bits per heavy atom. The Hall–Kier alpha value is -3.60. The maximum Gasteiger partial charge on any atom is 0.277 e. The van der Waals surface area contributed by atoms with E-state index in [2.05, 4.69) is 10.5 Å². The molecule has 5 heteroatoms. The van der Waals surface area contributed by atoms with Crippen LogP contribution in [0.15, 0.2) is 84.0 Å². The predicted molar refractivity (Wildman–Crippen MR) is 111 cm³/mol. The highest BCUT2D eigenvalue weighted by atomic mass is 16.5. The molecule has 142 valence electrons. The highest BCUT2D eigenvalue weighted by Crippen LogP contribution is 2.21. The number of ether oxygens (including phenoxy) is 2. The van der Waals surface area contributed by atoms with Gasteiger partial charge in [0.05, 0.1) is 12.8 Å². The normalized spacial score (nSPS) is 10.6. The molecule has 0 atom stereocenters. The minimum absolute atomic E-state index is 0.106. The summed E-state index contributed by atoms with van der Waals surface area (Å²) in [6.07, 6.45) is 1.57. The topological polar surface area (TPSA) is 59.9 Å². The molecule has 0 heterocycles. The second kappa shape index (κ2) is 9.92. The first-order valence-corrected chi connectivity index (χ1v) is 9.07. The van der Waals surface area contributed by atoms with Gasteiger partial charge < -0.3 is 9.47 Å². The van der Waals surface area contributed by atoms with Gasteiger partial charge in [-0.3, -0.25) is 4.79 Å². The fourth-order valence-corrected chi connectivity index (χ4v) is 2.55. The first-order chi connectivity index (χ1) is 13.7. The Morgan fingerprint density at radius 2 is 1.46 bits per heavy atom. The molecule has 0 aliphatic rings. The van der Waals surface area contributed by atoms with E-state index in [9.17, 15) is 4.79 Å². The summed E-state index contributed by atoms with van der Waals surface area (Å²) in [6.45, 7) is 2.45. The molecule has 5 nitrogen and oxygen atoms in total. The number of carbonyl (C=O) groups is 1. The number of carbonyl (C=O) groups excluding carboxylic acids is 1. The van der Waals surface area contributed by atoms with Crippen LogP contribution in [-0.4, -0.2) is 25.3 Å². The van der Waals surface area contributed by atoms with Gasteiger partial charge in [0.2, 0.25) is 0 Å². The average Bonchev–Trinajstić information content (AvgIpc) is 2.75. The van der Waals surface area contributed by atoms with Crippen LogP contribution in [0.4, 0.5) is 0 Å². The highest BCUT2D eigenvalue weighted by molar-refractivity contribution is 5.83. The Morgan fingerprint density at radius 3 is 2.14 bits per heavy atom. The largest absolute Gasteiger partial charge is 0.494 e. The summed E-state index contributed by atoms with van der Waals surface area (Å²) in [5.41, 5.74) is 5.54. The summed E-state index contributed by atoms with van der Waals surface area (Å²) < 4.78 is 10.9. The maximum atomic E-state index is 11.9. The Kier molecular flexibility index (Phi) is 6.79. The van der Waals surface area contributed by atoms with Gasteiger partial charge in [-0.2, -0.15) is 5.10 Å². The van der Waals surface area contributed by atoms with Gasteiger partial charge in [0.1, 0.15) is 11.5 Å². The monoisotopic (exact) mass is 374 g/mol. The first-order valence-electron chi connectivity index (χ1n) is 9.07. The highest BCUT2D eigenvalue weighted by Gasteiger charge is 2.02. The molecule has 3 aromatic carbocycles. The van der Waals surface area contributed by atoms with Crippen molar-refractivity contribution < 1.29 is 14.3 Å². The van der Waals surface area contributed by atoms with E-state index in [1.54, 1.807) is 6.21 Å². The zero-order chi connectivity index (χ0) is 19.6. The molecule has 0 unspecified atom stereocenters. The van der Waals surface area contributed by atoms with Crippen molar-refractivity contribution in [3.8, 4) is 22.6 Å². The third kappa shape index (κ3) is 5.71. The van der Waals surface area contributed by atoms with E-state index in [4.69, 9.17) is 9.47 Å².